The molecule has 2 atom stereocenters. The van der Waals surface area contributed by atoms with Gasteiger partial charge in [-0.05, 0) is 38.0 Å². The topological polar surface area (TPSA) is 68.3 Å². The second-order valence-electron chi connectivity index (χ2n) is 7.26. The van der Waals surface area contributed by atoms with Crippen molar-refractivity contribution < 1.29 is 14.3 Å². The maximum Gasteiger partial charge on any atom is 0.313 e. The largest absolute Gasteiger partial charge is 0.448 e. The van der Waals surface area contributed by atoms with Crippen LogP contribution in [0.4, 0.5) is 5.13 Å². The van der Waals surface area contributed by atoms with E-state index in [1.54, 1.807) is 0 Å². The highest BCUT2D eigenvalue weighted by Crippen LogP contribution is 2.65. The lowest BCUT2D eigenvalue weighted by Gasteiger charge is -2.35. The molecule has 0 spiro atoms. The van der Waals surface area contributed by atoms with E-state index in [1.807, 2.05) is 39.0 Å². The Hall–Kier alpha value is -1.47. The number of anilines is 1. The fraction of sp³-hybridized carbons (Fsp3) is 0.471. The van der Waals surface area contributed by atoms with Crippen LogP contribution in [-0.2, 0) is 14.3 Å². The monoisotopic (exact) mass is 408 g/mol. The van der Waals surface area contributed by atoms with E-state index < -0.39 is 16.4 Å². The molecule has 1 aliphatic carbocycles. The summed E-state index contributed by atoms with van der Waals surface area (Å²) < 4.78 is 7.56. The number of aromatic nitrogens is 1. The standard InChI is InChI=1S/C17H17BrN2O3S/c1-15(2)16(3)6-7-17(15,23-13(16)22)12(21)20-14-19-10-5-4-9(18)8-11(10)24-14/h4-5,8H,6-7H2,1-3H3,(H,19,20,21)/t16-,17-/m1/s1. The first-order valence-electron chi connectivity index (χ1n) is 7.81. The lowest BCUT2D eigenvalue weighted by Crippen LogP contribution is -2.50. The van der Waals surface area contributed by atoms with Crippen LogP contribution in [0.25, 0.3) is 10.2 Å². The van der Waals surface area contributed by atoms with Gasteiger partial charge in [-0.25, -0.2) is 4.98 Å². The molecule has 0 radical (unpaired) electrons. The van der Waals surface area contributed by atoms with Crippen molar-refractivity contribution in [2.45, 2.75) is 39.2 Å². The van der Waals surface area contributed by atoms with E-state index in [9.17, 15) is 9.59 Å². The number of thiazole rings is 1. The number of nitrogens with one attached hydrogen (secondary N) is 1. The van der Waals surface area contributed by atoms with Crippen LogP contribution < -0.4 is 5.32 Å². The van der Waals surface area contributed by atoms with E-state index in [0.717, 1.165) is 14.7 Å². The summed E-state index contributed by atoms with van der Waals surface area (Å²) in [5, 5.41) is 3.40. The van der Waals surface area contributed by atoms with Crippen molar-refractivity contribution >= 4 is 54.5 Å². The molecule has 2 bridgehead atoms. The molecule has 1 aromatic heterocycles. The van der Waals surface area contributed by atoms with Crippen molar-refractivity contribution in [2.75, 3.05) is 5.32 Å². The van der Waals surface area contributed by atoms with Gasteiger partial charge in [-0.15, -0.1) is 0 Å². The molecule has 5 nitrogen and oxygen atoms in total. The third-order valence-corrected chi connectivity index (χ3v) is 7.45. The van der Waals surface area contributed by atoms with Gasteiger partial charge < -0.3 is 4.74 Å². The SMILES string of the molecule is CC1(C)[C@]2(C)CC[C@]1(C(=O)Nc1nc3ccc(Br)cc3s1)OC2=O. The Labute approximate surface area is 151 Å². The smallest absolute Gasteiger partial charge is 0.313 e. The summed E-state index contributed by atoms with van der Waals surface area (Å²) in [6, 6.07) is 5.78. The number of nitrogens with zero attached hydrogens (tertiary/aromatic N) is 1. The van der Waals surface area contributed by atoms with Gasteiger partial charge in [0.2, 0.25) is 0 Å². The minimum absolute atomic E-state index is 0.276. The Morgan fingerprint density at radius 2 is 2.08 bits per heavy atom. The maximum absolute atomic E-state index is 13.0. The van der Waals surface area contributed by atoms with Crippen LogP contribution in [0.2, 0.25) is 0 Å². The Kier molecular flexibility index (Phi) is 3.20. The van der Waals surface area contributed by atoms with Gasteiger partial charge in [0.15, 0.2) is 10.7 Å². The highest BCUT2D eigenvalue weighted by Gasteiger charge is 2.75. The molecular weight excluding hydrogens is 392 g/mol. The quantitative estimate of drug-likeness (QED) is 0.758. The summed E-state index contributed by atoms with van der Waals surface area (Å²) in [6.07, 6.45) is 1.21. The zero-order valence-corrected chi connectivity index (χ0v) is 16.0. The van der Waals surface area contributed by atoms with Gasteiger partial charge >= 0.3 is 5.97 Å². The Bertz CT molecular complexity index is 893. The molecule has 7 heteroatoms. The summed E-state index contributed by atoms with van der Waals surface area (Å²) in [6.45, 7) is 5.78. The van der Waals surface area contributed by atoms with E-state index in [1.165, 1.54) is 11.3 Å². The lowest BCUT2D eigenvalue weighted by atomic mass is 9.66. The molecule has 1 N–H and O–H groups in total. The zero-order chi connectivity index (χ0) is 17.3. The van der Waals surface area contributed by atoms with Gasteiger partial charge in [0.1, 0.15) is 0 Å². The minimum Gasteiger partial charge on any atom is -0.448 e. The van der Waals surface area contributed by atoms with E-state index in [2.05, 4.69) is 26.2 Å². The molecule has 4 rings (SSSR count). The molecule has 1 saturated carbocycles. The van der Waals surface area contributed by atoms with Gasteiger partial charge in [0.05, 0.1) is 15.6 Å². The van der Waals surface area contributed by atoms with Crippen molar-refractivity contribution in [2.24, 2.45) is 10.8 Å². The van der Waals surface area contributed by atoms with Crippen LogP contribution in [-0.4, -0.2) is 22.5 Å². The summed E-state index contributed by atoms with van der Waals surface area (Å²) in [5.74, 6) is -0.553. The number of carbonyl (C=O) groups is 2. The number of amides is 1. The average Bonchev–Trinajstić information content (AvgIpc) is 3.03. The number of hydrogen-bond acceptors (Lipinski definition) is 5. The predicted molar refractivity (Wildman–Crippen MR) is 95.9 cm³/mol. The number of benzene rings is 1. The second-order valence-corrected chi connectivity index (χ2v) is 9.21. The van der Waals surface area contributed by atoms with Gasteiger partial charge in [-0.2, -0.15) is 0 Å². The second kappa shape index (κ2) is 4.79. The van der Waals surface area contributed by atoms with Gasteiger partial charge in [0.25, 0.3) is 5.91 Å². The number of esters is 1. The fourth-order valence-corrected chi connectivity index (χ4v) is 5.31. The number of hydrogen-bond donors (Lipinski definition) is 1. The molecule has 1 aromatic carbocycles. The van der Waals surface area contributed by atoms with Crippen molar-refractivity contribution in [1.82, 2.24) is 4.98 Å². The summed E-state index contributed by atoms with van der Waals surface area (Å²) in [5.41, 5.74) is -1.45. The molecule has 126 valence electrons. The van der Waals surface area contributed by atoms with Crippen LogP contribution in [0.15, 0.2) is 22.7 Å². The normalized spacial score (nSPS) is 30.6. The fourth-order valence-electron chi connectivity index (χ4n) is 3.90. The third kappa shape index (κ3) is 1.82. The zero-order valence-electron chi connectivity index (χ0n) is 13.6. The van der Waals surface area contributed by atoms with Gasteiger partial charge in [-0.3, -0.25) is 14.9 Å². The molecular formula is C17H17BrN2O3S. The first kappa shape index (κ1) is 16.0. The Morgan fingerprint density at radius 3 is 2.71 bits per heavy atom. The van der Waals surface area contributed by atoms with Gasteiger partial charge in [-0.1, -0.05) is 41.1 Å². The van der Waals surface area contributed by atoms with Crippen LogP contribution in [0.1, 0.15) is 33.6 Å². The van der Waals surface area contributed by atoms with Crippen molar-refractivity contribution in [3.05, 3.63) is 22.7 Å². The van der Waals surface area contributed by atoms with Crippen LogP contribution in [0.3, 0.4) is 0 Å². The first-order valence-corrected chi connectivity index (χ1v) is 9.42. The third-order valence-electron chi connectivity index (χ3n) is 6.02. The number of ether oxygens (including phenoxy) is 1. The van der Waals surface area contributed by atoms with Crippen LogP contribution in [0, 0.1) is 10.8 Å². The molecule has 2 fully saturated rings. The predicted octanol–water partition coefficient (Wildman–Crippen LogP) is 4.12. The lowest BCUT2D eigenvalue weighted by molar-refractivity contribution is -0.165. The van der Waals surface area contributed by atoms with Crippen molar-refractivity contribution in [3.8, 4) is 0 Å². The van der Waals surface area contributed by atoms with E-state index in [-0.39, 0.29) is 11.9 Å². The van der Waals surface area contributed by atoms with E-state index in [0.29, 0.717) is 18.0 Å². The van der Waals surface area contributed by atoms with Crippen molar-refractivity contribution in [3.63, 3.8) is 0 Å². The molecule has 1 amide bonds. The minimum atomic E-state index is -1.11. The van der Waals surface area contributed by atoms with E-state index in [4.69, 9.17) is 4.74 Å². The average molecular weight is 409 g/mol. The van der Waals surface area contributed by atoms with Crippen molar-refractivity contribution in [1.29, 1.82) is 0 Å². The highest BCUT2D eigenvalue weighted by atomic mass is 79.9. The summed E-state index contributed by atoms with van der Waals surface area (Å²) in [4.78, 5) is 29.8. The molecule has 2 aliphatic rings. The molecule has 2 aromatic rings. The van der Waals surface area contributed by atoms with Crippen LogP contribution in [0.5, 0.6) is 0 Å². The Balaban J connectivity index is 1.67. The first-order chi connectivity index (χ1) is 11.2. The highest BCUT2D eigenvalue weighted by molar-refractivity contribution is 9.10. The van der Waals surface area contributed by atoms with E-state index >= 15 is 0 Å². The molecule has 1 aliphatic heterocycles. The van der Waals surface area contributed by atoms with Gasteiger partial charge in [0, 0.05) is 9.89 Å². The maximum atomic E-state index is 13.0. The molecule has 24 heavy (non-hydrogen) atoms. The number of fused-ring (bicyclic) bond motifs is 3. The molecule has 0 unspecified atom stereocenters. The van der Waals surface area contributed by atoms with Crippen LogP contribution >= 0.6 is 27.3 Å². The molecule has 2 heterocycles. The Morgan fingerprint density at radius 1 is 1.33 bits per heavy atom. The number of rotatable bonds is 2. The summed E-state index contributed by atoms with van der Waals surface area (Å²) >= 11 is 4.84. The number of halogens is 1. The molecule has 1 saturated heterocycles. The summed E-state index contributed by atoms with van der Waals surface area (Å²) in [7, 11) is 0. The number of carbonyl (C=O) groups excluding carboxylic acids is 2.